The molecule has 0 saturated carbocycles. The number of rotatable bonds is 15. The van der Waals surface area contributed by atoms with E-state index in [9.17, 15) is 43.7 Å². The van der Waals surface area contributed by atoms with Gasteiger partial charge < -0.3 is 14.6 Å². The number of benzene rings is 4. The summed E-state index contributed by atoms with van der Waals surface area (Å²) in [5, 5.41) is 10.8. The number of aliphatic carboxylic acids is 1. The highest BCUT2D eigenvalue weighted by Crippen LogP contribution is 2.51. The van der Waals surface area contributed by atoms with E-state index in [4.69, 9.17) is 5.11 Å². The normalized spacial score (nSPS) is 17.3. The summed E-state index contributed by atoms with van der Waals surface area (Å²) in [5.74, 6) is -0.832. The lowest BCUT2D eigenvalue weighted by Gasteiger charge is -2.26. The molecular weight excluding hydrogens is 817 g/mol. The van der Waals surface area contributed by atoms with Gasteiger partial charge in [0.15, 0.2) is 5.71 Å². The topological polar surface area (TPSA) is 209 Å². The molecule has 0 aliphatic carbocycles. The monoisotopic (exact) mass is 864 g/mol. The maximum absolute atomic E-state index is 12.5. The predicted octanol–water partition coefficient (Wildman–Crippen LogP) is 8.01. The lowest BCUT2D eigenvalue weighted by molar-refractivity contribution is -0.438. The Bertz CT molecular complexity index is 2850. The molecule has 0 atom stereocenters. The summed E-state index contributed by atoms with van der Waals surface area (Å²) in [5.41, 5.74) is 3.54. The average Bonchev–Trinajstić information content (AvgIpc) is 3.50. The number of hydrogen-bond donors (Lipinski definition) is 3. The Morgan fingerprint density at radius 2 is 1.41 bits per heavy atom. The Kier molecular flexibility index (Phi) is 11.9. The Morgan fingerprint density at radius 3 is 2.05 bits per heavy atom. The first-order chi connectivity index (χ1) is 27.5. The largest absolute Gasteiger partial charge is 0.744 e. The van der Waals surface area contributed by atoms with Gasteiger partial charge in [-0.2, -0.15) is 21.4 Å². The first kappa shape index (κ1) is 43.9. The molecule has 0 spiro atoms. The van der Waals surface area contributed by atoms with Crippen molar-refractivity contribution < 1.29 is 53.4 Å². The van der Waals surface area contributed by atoms with Gasteiger partial charge in [0.2, 0.25) is 5.69 Å². The summed E-state index contributed by atoms with van der Waals surface area (Å²) in [6.07, 6.45) is 13.4. The maximum atomic E-state index is 12.5. The van der Waals surface area contributed by atoms with E-state index in [-0.39, 0.29) is 22.1 Å². The van der Waals surface area contributed by atoms with Crippen molar-refractivity contribution in [1.82, 2.24) is 0 Å². The fourth-order valence-electron chi connectivity index (χ4n) is 8.74. The van der Waals surface area contributed by atoms with E-state index in [2.05, 4.69) is 23.3 Å². The van der Waals surface area contributed by atoms with Gasteiger partial charge in [-0.05, 0) is 97.8 Å². The molecule has 4 aromatic rings. The second kappa shape index (κ2) is 16.0. The number of likely N-dealkylation sites (N-methyl/N-ethyl adjacent to an activating group) is 1. The molecule has 0 bridgehead atoms. The van der Waals surface area contributed by atoms with Crippen LogP contribution in [-0.2, 0) is 46.0 Å². The van der Waals surface area contributed by atoms with Gasteiger partial charge in [-0.3, -0.25) is 13.9 Å². The molecule has 59 heavy (non-hydrogen) atoms. The van der Waals surface area contributed by atoms with Crippen LogP contribution in [0, 0.1) is 0 Å². The zero-order valence-corrected chi connectivity index (χ0v) is 35.9. The third-order valence-corrected chi connectivity index (χ3v) is 14.0. The maximum Gasteiger partial charge on any atom is 0.303 e. The Hall–Kier alpha value is -4.71. The van der Waals surface area contributed by atoms with Crippen molar-refractivity contribution in [2.24, 2.45) is 0 Å². The molecule has 0 amide bonds. The molecule has 2 aliphatic rings. The number of hydrogen-bond acceptors (Lipinski definition) is 9. The molecule has 13 nitrogen and oxygen atoms in total. The van der Waals surface area contributed by atoms with Gasteiger partial charge in [-0.15, -0.1) is 0 Å². The molecule has 0 fully saturated rings. The summed E-state index contributed by atoms with van der Waals surface area (Å²) >= 11 is 0. The van der Waals surface area contributed by atoms with Crippen molar-refractivity contribution in [3.63, 3.8) is 0 Å². The highest BCUT2D eigenvalue weighted by Gasteiger charge is 2.46. The number of unbranched alkanes of at least 4 members (excludes halogenated alkanes) is 4. The van der Waals surface area contributed by atoms with Crippen LogP contribution in [0.1, 0.15) is 84.3 Å². The van der Waals surface area contributed by atoms with E-state index in [1.807, 2.05) is 63.3 Å². The van der Waals surface area contributed by atoms with Crippen LogP contribution in [0.4, 0.5) is 11.4 Å². The summed E-state index contributed by atoms with van der Waals surface area (Å²) in [4.78, 5) is 11.5. The van der Waals surface area contributed by atoms with Crippen LogP contribution < -0.4 is 4.90 Å². The van der Waals surface area contributed by atoms with Crippen molar-refractivity contribution in [2.75, 3.05) is 18.0 Å². The predicted molar refractivity (Wildman–Crippen MR) is 226 cm³/mol. The van der Waals surface area contributed by atoms with E-state index in [0.717, 1.165) is 59.8 Å². The van der Waals surface area contributed by atoms with E-state index in [1.54, 1.807) is 12.1 Å². The van der Waals surface area contributed by atoms with E-state index < -0.39 is 56.9 Å². The molecule has 2 heterocycles. The van der Waals surface area contributed by atoms with E-state index >= 15 is 0 Å². The third-order valence-electron chi connectivity index (χ3n) is 11.4. The summed E-state index contributed by atoms with van der Waals surface area (Å²) in [6, 6.07) is 13.6. The summed E-state index contributed by atoms with van der Waals surface area (Å²) < 4.78 is 108. The molecule has 2 aliphatic heterocycles. The molecule has 4 aromatic carbocycles. The number of allylic oxidation sites excluding steroid dienone is 6. The summed E-state index contributed by atoms with van der Waals surface area (Å²) in [7, 11) is -14.4. The average molecular weight is 865 g/mol. The van der Waals surface area contributed by atoms with Gasteiger partial charge in [0, 0.05) is 59.3 Å². The molecule has 0 radical (unpaired) electrons. The van der Waals surface area contributed by atoms with Crippen LogP contribution in [0.25, 0.3) is 21.5 Å². The fourth-order valence-corrected chi connectivity index (χ4v) is 10.6. The van der Waals surface area contributed by atoms with Gasteiger partial charge in [-0.1, -0.05) is 57.0 Å². The zero-order chi connectivity index (χ0) is 43.3. The van der Waals surface area contributed by atoms with Crippen molar-refractivity contribution in [1.29, 1.82) is 0 Å². The zero-order valence-electron chi connectivity index (χ0n) is 33.5. The van der Waals surface area contributed by atoms with Crippen molar-refractivity contribution >= 4 is 75.0 Å². The van der Waals surface area contributed by atoms with Gasteiger partial charge in [0.05, 0.1) is 15.2 Å². The molecule has 314 valence electrons. The number of fused-ring (bicyclic) bond motifs is 6. The molecule has 3 N–H and O–H groups in total. The number of carboxylic acids is 1. The number of carboxylic acid groups (broad SMARTS) is 1. The minimum absolute atomic E-state index is 0.0983. The minimum Gasteiger partial charge on any atom is -0.744 e. The Balaban J connectivity index is 1.39. The second-order valence-electron chi connectivity index (χ2n) is 16.0. The van der Waals surface area contributed by atoms with Gasteiger partial charge in [-0.25, -0.2) is 8.42 Å². The molecular formula is C43H48N2O11S3. The minimum atomic E-state index is -4.90. The van der Waals surface area contributed by atoms with Crippen molar-refractivity contribution in [3.05, 3.63) is 102 Å². The number of carbonyl (C=O) groups is 1. The number of anilines is 1. The molecule has 0 saturated heterocycles. The second-order valence-corrected chi connectivity index (χ2v) is 20.2. The van der Waals surface area contributed by atoms with E-state index in [0.29, 0.717) is 36.1 Å². The van der Waals surface area contributed by atoms with Crippen LogP contribution in [-0.4, -0.2) is 73.4 Å². The Labute approximate surface area is 345 Å². The smallest absolute Gasteiger partial charge is 0.303 e. The van der Waals surface area contributed by atoms with Crippen LogP contribution in [0.2, 0.25) is 0 Å². The molecule has 16 heteroatoms. The SMILES string of the molecule is CCN1/C(=C/C=C/C=C/C2=[N+](CCCCCCCC(=O)O)c3ccc4c(S(=O)(=O)O)cc(S(=O)(=O)O)cc4c3C2(C)C)C(C)(C)c2c1ccc1ccc(S(=O)(=O)[O-])cc21. The van der Waals surface area contributed by atoms with E-state index in [1.165, 1.54) is 24.3 Å². The highest BCUT2D eigenvalue weighted by molar-refractivity contribution is 7.87. The van der Waals surface area contributed by atoms with Crippen LogP contribution >= 0.6 is 0 Å². The lowest BCUT2D eigenvalue weighted by Crippen LogP contribution is -2.28. The van der Waals surface area contributed by atoms with Crippen LogP contribution in [0.3, 0.4) is 0 Å². The fraction of sp³-hybridized carbons (Fsp3) is 0.349. The number of nitrogens with zero attached hydrogens (tertiary/aromatic N) is 2. The highest BCUT2D eigenvalue weighted by atomic mass is 32.2. The van der Waals surface area contributed by atoms with Gasteiger partial charge in [0.25, 0.3) is 20.2 Å². The standard InChI is InChI=1S/C43H48N2O11S3/c1-6-44-34-22-19-28-18-20-29(57(48,49)50)25-32(28)40(34)42(2,3)37(44)15-11-10-12-16-38-43(4,5)41-33-26-30(58(51,52)53)27-36(59(54,55)56)31(33)21-23-35(41)45(38)24-14-9-7-8-13-17-39(46)47/h10-12,15-16,18-23,25-27H,6-9,13-14,17,24H2,1-5H3,(H3-,46,47,48,49,50,51,52,53,54,55,56). The summed E-state index contributed by atoms with van der Waals surface area (Å²) in [6.45, 7) is 11.2. The third kappa shape index (κ3) is 8.52. The molecule has 0 aromatic heterocycles. The van der Waals surface area contributed by atoms with Crippen LogP contribution in [0.15, 0.2) is 105 Å². The molecule has 6 rings (SSSR count). The quantitative estimate of drug-likeness (QED) is 0.0449. The first-order valence-corrected chi connectivity index (χ1v) is 23.6. The van der Waals surface area contributed by atoms with Crippen molar-refractivity contribution in [3.8, 4) is 0 Å². The van der Waals surface area contributed by atoms with Crippen molar-refractivity contribution in [2.45, 2.75) is 98.7 Å². The van der Waals surface area contributed by atoms with Crippen LogP contribution in [0.5, 0.6) is 0 Å². The first-order valence-electron chi connectivity index (χ1n) is 19.3. The van der Waals surface area contributed by atoms with Gasteiger partial charge in [0.1, 0.15) is 21.6 Å². The lowest BCUT2D eigenvalue weighted by atomic mass is 9.79. The molecule has 0 unspecified atom stereocenters. The Morgan fingerprint density at radius 1 is 0.746 bits per heavy atom. The van der Waals surface area contributed by atoms with Gasteiger partial charge >= 0.3 is 5.97 Å².